The Morgan fingerprint density at radius 2 is 2.22 bits per heavy atom. The van der Waals surface area contributed by atoms with Gasteiger partial charge >= 0.3 is 0 Å². The van der Waals surface area contributed by atoms with E-state index in [1.165, 1.54) is 23.1 Å². The van der Waals surface area contributed by atoms with Crippen molar-refractivity contribution < 1.29 is 18.5 Å². The standard InChI is InChI=1S/C16H15N5O4S2/c22-13(17-7-10-2-1-5-24-10)8-26-16-20-19-15(27-16)18-14(23)11-6-12(25-21-11)9-3-4-9/h1-2,5-6,9H,3-4,7-8H2,(H,17,22)(H,18,19,23). The van der Waals surface area contributed by atoms with Crippen LogP contribution in [0.1, 0.15) is 40.8 Å². The van der Waals surface area contributed by atoms with Crippen LogP contribution in [0.3, 0.4) is 0 Å². The van der Waals surface area contributed by atoms with E-state index in [9.17, 15) is 9.59 Å². The second kappa shape index (κ2) is 7.92. The third-order valence-electron chi connectivity index (χ3n) is 3.73. The highest BCUT2D eigenvalue weighted by Crippen LogP contribution is 2.40. The molecular formula is C16H15N5O4S2. The second-order valence-corrected chi connectivity index (χ2v) is 8.06. The van der Waals surface area contributed by atoms with Crippen LogP contribution in [0.15, 0.2) is 37.7 Å². The maximum atomic E-state index is 12.2. The summed E-state index contributed by atoms with van der Waals surface area (Å²) >= 11 is 2.43. The van der Waals surface area contributed by atoms with Crippen LogP contribution in [-0.2, 0) is 11.3 Å². The van der Waals surface area contributed by atoms with E-state index in [0.29, 0.717) is 27.7 Å². The van der Waals surface area contributed by atoms with Gasteiger partial charge in [-0.2, -0.15) is 0 Å². The van der Waals surface area contributed by atoms with Gasteiger partial charge in [-0.15, -0.1) is 10.2 Å². The lowest BCUT2D eigenvalue weighted by atomic mass is 10.3. The van der Waals surface area contributed by atoms with E-state index < -0.39 is 5.91 Å². The first-order valence-corrected chi connectivity index (χ1v) is 10.0. The van der Waals surface area contributed by atoms with E-state index in [1.807, 2.05) is 0 Å². The average Bonchev–Trinajstić information content (AvgIpc) is 3.09. The van der Waals surface area contributed by atoms with Gasteiger partial charge in [-0.1, -0.05) is 28.3 Å². The quantitative estimate of drug-likeness (QED) is 0.433. The number of carbonyl (C=O) groups is 2. The van der Waals surface area contributed by atoms with Gasteiger partial charge in [-0.25, -0.2) is 0 Å². The Balaban J connectivity index is 1.24. The molecule has 0 bridgehead atoms. The Hall–Kier alpha value is -2.66. The van der Waals surface area contributed by atoms with E-state index in [1.54, 1.807) is 24.5 Å². The largest absolute Gasteiger partial charge is 0.467 e. The SMILES string of the molecule is O=C(CSc1nnc(NC(=O)c2cc(C3CC3)on2)s1)NCc1ccco1. The molecule has 2 N–H and O–H groups in total. The molecule has 0 aromatic carbocycles. The molecule has 0 spiro atoms. The molecule has 1 fully saturated rings. The molecule has 1 saturated carbocycles. The van der Waals surface area contributed by atoms with Gasteiger partial charge in [0.05, 0.1) is 18.6 Å². The Kier molecular flexibility index (Phi) is 5.21. The van der Waals surface area contributed by atoms with Gasteiger partial charge in [-0.3, -0.25) is 14.9 Å². The summed E-state index contributed by atoms with van der Waals surface area (Å²) in [7, 11) is 0. The molecule has 0 aliphatic heterocycles. The van der Waals surface area contributed by atoms with Crippen molar-refractivity contribution in [2.45, 2.75) is 29.6 Å². The van der Waals surface area contributed by atoms with E-state index in [0.717, 1.165) is 18.6 Å². The molecular weight excluding hydrogens is 390 g/mol. The van der Waals surface area contributed by atoms with Crippen molar-refractivity contribution in [3.8, 4) is 0 Å². The third-order valence-corrected chi connectivity index (χ3v) is 5.71. The van der Waals surface area contributed by atoms with Crippen LogP contribution < -0.4 is 10.6 Å². The van der Waals surface area contributed by atoms with Crippen LogP contribution in [0.4, 0.5) is 5.13 Å². The van der Waals surface area contributed by atoms with Crippen LogP contribution in [0.25, 0.3) is 0 Å². The highest BCUT2D eigenvalue weighted by molar-refractivity contribution is 8.01. The summed E-state index contributed by atoms with van der Waals surface area (Å²) in [6.07, 6.45) is 3.70. The fraction of sp³-hybridized carbons (Fsp3) is 0.312. The summed E-state index contributed by atoms with van der Waals surface area (Å²) in [5.41, 5.74) is 0.221. The molecule has 1 aliphatic rings. The van der Waals surface area contributed by atoms with Crippen LogP contribution in [-0.4, -0.2) is 32.9 Å². The van der Waals surface area contributed by atoms with Gasteiger partial charge in [0.1, 0.15) is 11.5 Å². The predicted molar refractivity (Wildman–Crippen MR) is 97.6 cm³/mol. The minimum atomic E-state index is -0.394. The highest BCUT2D eigenvalue weighted by Gasteiger charge is 2.29. The molecule has 27 heavy (non-hydrogen) atoms. The maximum absolute atomic E-state index is 12.2. The van der Waals surface area contributed by atoms with Crippen molar-refractivity contribution >= 4 is 40.0 Å². The van der Waals surface area contributed by atoms with E-state index in [4.69, 9.17) is 8.94 Å². The van der Waals surface area contributed by atoms with Gasteiger partial charge in [0.15, 0.2) is 10.0 Å². The van der Waals surface area contributed by atoms with Crippen LogP contribution >= 0.6 is 23.1 Å². The minimum Gasteiger partial charge on any atom is -0.467 e. The molecule has 140 valence electrons. The second-order valence-electron chi connectivity index (χ2n) is 5.86. The zero-order chi connectivity index (χ0) is 18.6. The molecule has 9 nitrogen and oxygen atoms in total. The number of nitrogens with one attached hydrogen (secondary N) is 2. The van der Waals surface area contributed by atoms with Crippen LogP contribution in [0, 0.1) is 0 Å². The van der Waals surface area contributed by atoms with Crippen LogP contribution in [0.2, 0.25) is 0 Å². The number of rotatable bonds is 8. The lowest BCUT2D eigenvalue weighted by molar-refractivity contribution is -0.118. The molecule has 0 unspecified atom stereocenters. The summed E-state index contributed by atoms with van der Waals surface area (Å²) < 4.78 is 10.9. The first-order valence-electron chi connectivity index (χ1n) is 8.21. The first-order chi connectivity index (χ1) is 13.2. The molecule has 4 rings (SSSR count). The number of furan rings is 1. The Bertz CT molecular complexity index is 932. The normalized spacial score (nSPS) is 13.5. The van der Waals surface area contributed by atoms with Gasteiger partial charge in [-0.05, 0) is 25.0 Å². The number of amides is 2. The number of nitrogens with zero attached hydrogens (tertiary/aromatic N) is 3. The van der Waals surface area contributed by atoms with Crippen molar-refractivity contribution in [2.75, 3.05) is 11.1 Å². The van der Waals surface area contributed by atoms with Gasteiger partial charge < -0.3 is 14.3 Å². The molecule has 2 amide bonds. The van der Waals surface area contributed by atoms with Crippen molar-refractivity contribution in [3.63, 3.8) is 0 Å². The smallest absolute Gasteiger partial charge is 0.279 e. The molecule has 3 aromatic heterocycles. The van der Waals surface area contributed by atoms with E-state index in [2.05, 4.69) is 26.0 Å². The number of anilines is 1. The molecule has 0 radical (unpaired) electrons. The molecule has 0 atom stereocenters. The van der Waals surface area contributed by atoms with Crippen LogP contribution in [0.5, 0.6) is 0 Å². The fourth-order valence-electron chi connectivity index (χ4n) is 2.21. The van der Waals surface area contributed by atoms with E-state index >= 15 is 0 Å². The van der Waals surface area contributed by atoms with Gasteiger partial charge in [0.2, 0.25) is 11.0 Å². The minimum absolute atomic E-state index is 0.146. The fourth-order valence-corrected chi connectivity index (χ4v) is 3.79. The van der Waals surface area contributed by atoms with Gasteiger partial charge in [0.25, 0.3) is 5.91 Å². The topological polar surface area (TPSA) is 123 Å². The highest BCUT2D eigenvalue weighted by atomic mass is 32.2. The lowest BCUT2D eigenvalue weighted by Crippen LogP contribution is -2.24. The van der Waals surface area contributed by atoms with Crippen molar-refractivity contribution in [1.29, 1.82) is 0 Å². The number of thioether (sulfide) groups is 1. The average molecular weight is 405 g/mol. The molecule has 1 aliphatic carbocycles. The Morgan fingerprint density at radius 1 is 1.33 bits per heavy atom. The Labute approximate surface area is 161 Å². The van der Waals surface area contributed by atoms with Gasteiger partial charge in [0, 0.05) is 12.0 Å². The lowest BCUT2D eigenvalue weighted by Gasteiger charge is -2.01. The number of hydrogen-bond acceptors (Lipinski definition) is 9. The first kappa shape index (κ1) is 17.7. The van der Waals surface area contributed by atoms with Crippen molar-refractivity contribution in [1.82, 2.24) is 20.7 Å². The molecule has 3 aromatic rings. The predicted octanol–water partition coefficient (Wildman–Crippen LogP) is 2.66. The number of hydrogen-bond donors (Lipinski definition) is 2. The van der Waals surface area contributed by atoms with Crippen molar-refractivity contribution in [3.05, 3.63) is 41.7 Å². The molecule has 11 heteroatoms. The monoisotopic (exact) mass is 405 g/mol. The summed E-state index contributed by atoms with van der Waals surface area (Å²) in [4.78, 5) is 24.0. The zero-order valence-electron chi connectivity index (χ0n) is 14.0. The summed E-state index contributed by atoms with van der Waals surface area (Å²) in [5, 5.41) is 17.4. The van der Waals surface area contributed by atoms with E-state index in [-0.39, 0.29) is 17.4 Å². The number of aromatic nitrogens is 3. The third kappa shape index (κ3) is 4.74. The number of carbonyl (C=O) groups excluding carboxylic acids is 2. The summed E-state index contributed by atoms with van der Waals surface area (Å²) in [5.74, 6) is 1.47. The Morgan fingerprint density at radius 3 is 3.00 bits per heavy atom. The summed E-state index contributed by atoms with van der Waals surface area (Å²) in [6.45, 7) is 0.338. The van der Waals surface area contributed by atoms with Crippen molar-refractivity contribution in [2.24, 2.45) is 0 Å². The maximum Gasteiger partial charge on any atom is 0.279 e. The summed E-state index contributed by atoms with van der Waals surface area (Å²) in [6, 6.07) is 5.21. The zero-order valence-corrected chi connectivity index (χ0v) is 15.6. The molecule has 3 heterocycles. The molecule has 0 saturated heterocycles.